The maximum absolute atomic E-state index is 12.9. The van der Waals surface area contributed by atoms with Crippen molar-refractivity contribution in [1.82, 2.24) is 0 Å². The lowest BCUT2D eigenvalue weighted by atomic mass is 10.0. The number of ether oxygens (including phenoxy) is 3. The fourth-order valence-corrected chi connectivity index (χ4v) is 10.0. The standard InChI is InChI=1S/C77H132O6/c1-4-7-10-13-16-19-22-25-28-31-32-33-34-35-36-37-38-39-40-41-42-43-44-47-49-52-55-58-61-64-67-70-76(79)82-73-74(83-77(80)71-68-65-62-59-56-53-50-46-30-27-24-21-18-15-12-9-6-3)72-81-75(78)69-66-63-60-57-54-51-48-45-29-26-23-20-17-14-11-8-5-2/h7,9-10,12,16,18-19,21,25-30,32-33,35-36,74H,4-6,8,11,13-15,17,20,22-24,31,34,37-73H2,1-3H3/b10-7-,12-9-,19-16-,21-18-,28-25-,29-26-,30-27-,33-32-,36-35-. The van der Waals surface area contributed by atoms with E-state index in [-0.39, 0.29) is 31.1 Å². The number of hydrogen-bond donors (Lipinski definition) is 0. The number of hydrogen-bond acceptors (Lipinski definition) is 6. The predicted molar refractivity (Wildman–Crippen MR) is 362 cm³/mol. The van der Waals surface area contributed by atoms with Crippen molar-refractivity contribution in [1.29, 1.82) is 0 Å². The molecule has 0 aliphatic rings. The summed E-state index contributed by atoms with van der Waals surface area (Å²) in [5.74, 6) is -0.881. The Hall–Kier alpha value is -3.93. The zero-order valence-corrected chi connectivity index (χ0v) is 54.7. The molecule has 0 rings (SSSR count). The Morgan fingerprint density at radius 2 is 0.470 bits per heavy atom. The van der Waals surface area contributed by atoms with Crippen molar-refractivity contribution in [2.75, 3.05) is 13.2 Å². The maximum atomic E-state index is 12.9. The summed E-state index contributed by atoms with van der Waals surface area (Å²) in [7, 11) is 0. The third-order valence-corrected chi connectivity index (χ3v) is 15.2. The van der Waals surface area contributed by atoms with E-state index >= 15 is 0 Å². The number of unbranched alkanes of at least 4 members (excludes halogenated alkanes) is 35. The van der Waals surface area contributed by atoms with Crippen molar-refractivity contribution in [3.05, 3.63) is 109 Å². The van der Waals surface area contributed by atoms with Gasteiger partial charge in [0.25, 0.3) is 0 Å². The summed E-state index contributed by atoms with van der Waals surface area (Å²) in [6.45, 7) is 6.44. The zero-order chi connectivity index (χ0) is 59.9. The molecule has 0 amide bonds. The summed E-state index contributed by atoms with van der Waals surface area (Å²) in [5, 5.41) is 0. The molecule has 0 radical (unpaired) electrons. The summed E-state index contributed by atoms with van der Waals surface area (Å²) in [6.07, 6.45) is 96.8. The van der Waals surface area contributed by atoms with Crippen LogP contribution in [0.5, 0.6) is 0 Å². The zero-order valence-electron chi connectivity index (χ0n) is 54.7. The normalized spacial score (nSPS) is 12.8. The summed E-state index contributed by atoms with van der Waals surface area (Å²) >= 11 is 0. The molecule has 1 atom stereocenters. The first kappa shape index (κ1) is 79.1. The van der Waals surface area contributed by atoms with E-state index in [1.165, 1.54) is 186 Å². The highest BCUT2D eigenvalue weighted by Gasteiger charge is 2.19. The van der Waals surface area contributed by atoms with Gasteiger partial charge in [-0.15, -0.1) is 0 Å². The molecule has 6 nitrogen and oxygen atoms in total. The van der Waals surface area contributed by atoms with Crippen LogP contribution in [0.3, 0.4) is 0 Å². The van der Waals surface area contributed by atoms with Crippen LogP contribution in [-0.2, 0) is 28.6 Å². The van der Waals surface area contributed by atoms with E-state index in [1.807, 2.05) is 0 Å². The number of carbonyl (C=O) groups is 3. The van der Waals surface area contributed by atoms with Gasteiger partial charge in [0, 0.05) is 19.3 Å². The predicted octanol–water partition coefficient (Wildman–Crippen LogP) is 24.6. The van der Waals surface area contributed by atoms with E-state index in [4.69, 9.17) is 14.2 Å². The molecule has 0 spiro atoms. The summed E-state index contributed by atoms with van der Waals surface area (Å²) in [5.41, 5.74) is 0. The van der Waals surface area contributed by atoms with E-state index < -0.39 is 6.10 Å². The molecule has 0 saturated heterocycles. The fraction of sp³-hybridized carbons (Fsp3) is 0.727. The summed E-state index contributed by atoms with van der Waals surface area (Å²) in [6, 6.07) is 0. The van der Waals surface area contributed by atoms with Gasteiger partial charge >= 0.3 is 17.9 Å². The average Bonchev–Trinajstić information content (AvgIpc) is 3.49. The lowest BCUT2D eigenvalue weighted by Crippen LogP contribution is -2.30. The number of allylic oxidation sites excluding steroid dienone is 18. The van der Waals surface area contributed by atoms with Gasteiger partial charge in [-0.2, -0.15) is 0 Å². The summed E-state index contributed by atoms with van der Waals surface area (Å²) in [4.78, 5) is 38.5. The first-order valence-electron chi connectivity index (χ1n) is 35.4. The molecule has 0 aliphatic heterocycles. The highest BCUT2D eigenvalue weighted by atomic mass is 16.6. The molecule has 0 N–H and O–H groups in total. The van der Waals surface area contributed by atoms with Crippen LogP contribution in [0, 0.1) is 0 Å². The van der Waals surface area contributed by atoms with Gasteiger partial charge in [-0.05, 0) is 122 Å². The highest BCUT2D eigenvalue weighted by Crippen LogP contribution is 2.17. The second kappa shape index (κ2) is 70.6. The second-order valence-electron chi connectivity index (χ2n) is 23.4. The van der Waals surface area contributed by atoms with Gasteiger partial charge < -0.3 is 14.2 Å². The molecule has 0 aromatic rings. The van der Waals surface area contributed by atoms with Crippen molar-refractivity contribution in [2.45, 2.75) is 348 Å². The number of carbonyl (C=O) groups excluding carboxylic acids is 3. The van der Waals surface area contributed by atoms with Crippen molar-refractivity contribution in [2.24, 2.45) is 0 Å². The van der Waals surface area contributed by atoms with Crippen LogP contribution in [0.15, 0.2) is 109 Å². The van der Waals surface area contributed by atoms with Crippen molar-refractivity contribution >= 4 is 17.9 Å². The molecule has 1 unspecified atom stereocenters. The molecular weight excluding hydrogens is 1020 g/mol. The Labute approximate surface area is 514 Å². The molecule has 0 bridgehead atoms. The molecule has 0 aromatic carbocycles. The molecule has 83 heavy (non-hydrogen) atoms. The van der Waals surface area contributed by atoms with E-state index in [0.29, 0.717) is 19.3 Å². The molecular formula is C77H132O6. The van der Waals surface area contributed by atoms with Gasteiger partial charge in [0.1, 0.15) is 13.2 Å². The minimum atomic E-state index is -0.787. The second-order valence-corrected chi connectivity index (χ2v) is 23.4. The lowest BCUT2D eigenvalue weighted by Gasteiger charge is -2.18. The van der Waals surface area contributed by atoms with Crippen LogP contribution in [-0.4, -0.2) is 37.2 Å². The van der Waals surface area contributed by atoms with Gasteiger partial charge in [0.05, 0.1) is 0 Å². The Balaban J connectivity index is 4.27. The largest absolute Gasteiger partial charge is 0.462 e. The van der Waals surface area contributed by atoms with Crippen molar-refractivity contribution < 1.29 is 28.6 Å². The lowest BCUT2D eigenvalue weighted by molar-refractivity contribution is -0.167. The fourth-order valence-electron chi connectivity index (χ4n) is 10.0. The van der Waals surface area contributed by atoms with Crippen LogP contribution in [0.25, 0.3) is 0 Å². The van der Waals surface area contributed by atoms with Gasteiger partial charge in [0.15, 0.2) is 6.10 Å². The Morgan fingerprint density at radius 1 is 0.253 bits per heavy atom. The third-order valence-electron chi connectivity index (χ3n) is 15.2. The minimum absolute atomic E-state index is 0.0816. The van der Waals surface area contributed by atoms with E-state index in [1.54, 1.807) is 0 Å². The van der Waals surface area contributed by atoms with E-state index in [9.17, 15) is 14.4 Å². The Morgan fingerprint density at radius 3 is 0.747 bits per heavy atom. The van der Waals surface area contributed by atoms with E-state index in [2.05, 4.69) is 130 Å². The molecule has 0 heterocycles. The SMILES string of the molecule is CC/C=C\C/C=C\C/C=C\C/C=C\C/C=C\CCCCCCCCCCCCCCCCCC(=O)OCC(COC(=O)CCCCCCCCC/C=C\CCCCCCCC)OC(=O)CCCCCCCCC/C=C\C/C=C\C/C=C\CC. The Kier molecular flexibility index (Phi) is 67.2. The third kappa shape index (κ3) is 68.7. The molecule has 0 saturated carbocycles. The van der Waals surface area contributed by atoms with Crippen molar-refractivity contribution in [3.8, 4) is 0 Å². The van der Waals surface area contributed by atoms with Gasteiger partial charge in [0.2, 0.25) is 0 Å². The molecule has 6 heteroatoms. The minimum Gasteiger partial charge on any atom is -0.462 e. The van der Waals surface area contributed by atoms with Crippen LogP contribution in [0.2, 0.25) is 0 Å². The highest BCUT2D eigenvalue weighted by molar-refractivity contribution is 5.71. The smallest absolute Gasteiger partial charge is 0.306 e. The van der Waals surface area contributed by atoms with Gasteiger partial charge in [-0.3, -0.25) is 14.4 Å². The number of rotatable bonds is 64. The summed E-state index contributed by atoms with van der Waals surface area (Å²) < 4.78 is 17.0. The molecule has 0 fully saturated rings. The van der Waals surface area contributed by atoms with Gasteiger partial charge in [-0.1, -0.05) is 310 Å². The van der Waals surface area contributed by atoms with Crippen molar-refractivity contribution in [3.63, 3.8) is 0 Å². The number of esters is 3. The average molecular weight is 1150 g/mol. The first-order valence-corrected chi connectivity index (χ1v) is 35.4. The monoisotopic (exact) mass is 1150 g/mol. The van der Waals surface area contributed by atoms with Crippen LogP contribution in [0.1, 0.15) is 342 Å². The maximum Gasteiger partial charge on any atom is 0.306 e. The van der Waals surface area contributed by atoms with Crippen LogP contribution >= 0.6 is 0 Å². The van der Waals surface area contributed by atoms with Gasteiger partial charge in [-0.25, -0.2) is 0 Å². The molecule has 476 valence electrons. The first-order chi connectivity index (χ1) is 41.0. The molecule has 0 aliphatic carbocycles. The van der Waals surface area contributed by atoms with Crippen LogP contribution < -0.4 is 0 Å². The van der Waals surface area contributed by atoms with E-state index in [0.717, 1.165) is 116 Å². The Bertz CT molecular complexity index is 1660. The molecule has 0 aromatic heterocycles. The quantitative estimate of drug-likeness (QED) is 0.0261. The van der Waals surface area contributed by atoms with Crippen LogP contribution in [0.4, 0.5) is 0 Å². The topological polar surface area (TPSA) is 78.9 Å².